The molecule has 1 spiro atoms. The summed E-state index contributed by atoms with van der Waals surface area (Å²) in [5.41, 5.74) is 0.966. The van der Waals surface area contributed by atoms with Gasteiger partial charge in [-0.25, -0.2) is 4.39 Å². The van der Waals surface area contributed by atoms with Gasteiger partial charge in [0.25, 0.3) is 0 Å². The van der Waals surface area contributed by atoms with E-state index in [0.29, 0.717) is 5.92 Å². The minimum Gasteiger partial charge on any atom is -0.375 e. The number of hydrogen-bond acceptors (Lipinski definition) is 2. The molecule has 1 heterocycles. The van der Waals surface area contributed by atoms with Crippen molar-refractivity contribution in [3.05, 3.63) is 34.6 Å². The van der Waals surface area contributed by atoms with Crippen LogP contribution < -0.4 is 5.32 Å². The maximum atomic E-state index is 13.7. The first-order valence-electron chi connectivity index (χ1n) is 7.40. The smallest absolute Gasteiger partial charge is 0.142 e. The zero-order valence-corrected chi connectivity index (χ0v) is 12.5. The van der Waals surface area contributed by atoms with Crippen LogP contribution in [0.1, 0.15) is 43.7 Å². The summed E-state index contributed by atoms with van der Waals surface area (Å²) in [5, 5.41) is 3.59. The first-order chi connectivity index (χ1) is 9.65. The molecule has 1 aliphatic carbocycles. The Morgan fingerprint density at radius 1 is 1.45 bits per heavy atom. The molecule has 0 bridgehead atoms. The standard InChI is InChI=1S/C16H21ClFNO/c1-19-15(12-4-2-5-13(18)14(12)17)11-6-9-20-16(10-11)7-3-8-16/h2,4-5,11,15,19H,3,6-10H2,1H3. The van der Waals surface area contributed by atoms with Crippen molar-refractivity contribution in [3.8, 4) is 0 Å². The summed E-state index contributed by atoms with van der Waals surface area (Å²) in [7, 11) is 1.93. The lowest BCUT2D eigenvalue weighted by Crippen LogP contribution is -2.47. The molecule has 4 heteroatoms. The van der Waals surface area contributed by atoms with E-state index in [2.05, 4.69) is 5.32 Å². The molecule has 0 aromatic heterocycles. The van der Waals surface area contributed by atoms with E-state index in [1.807, 2.05) is 13.1 Å². The van der Waals surface area contributed by atoms with E-state index in [9.17, 15) is 4.39 Å². The molecule has 2 unspecified atom stereocenters. The van der Waals surface area contributed by atoms with Crippen LogP contribution in [0, 0.1) is 11.7 Å². The molecule has 1 aromatic carbocycles. The van der Waals surface area contributed by atoms with E-state index < -0.39 is 0 Å². The van der Waals surface area contributed by atoms with Crippen LogP contribution in [0.2, 0.25) is 5.02 Å². The fourth-order valence-corrected chi connectivity index (χ4v) is 3.92. The van der Waals surface area contributed by atoms with Crippen molar-refractivity contribution in [1.82, 2.24) is 5.32 Å². The minimum atomic E-state index is -0.338. The lowest BCUT2D eigenvalue weighted by molar-refractivity contribution is -0.147. The predicted octanol–water partition coefficient (Wildman–Crippen LogP) is 4.09. The maximum Gasteiger partial charge on any atom is 0.142 e. The molecular weight excluding hydrogens is 277 g/mol. The van der Waals surface area contributed by atoms with Gasteiger partial charge in [0.2, 0.25) is 0 Å². The van der Waals surface area contributed by atoms with Crippen LogP contribution in [0.3, 0.4) is 0 Å². The van der Waals surface area contributed by atoms with Crippen molar-refractivity contribution in [2.75, 3.05) is 13.7 Å². The van der Waals surface area contributed by atoms with Gasteiger partial charge in [0.15, 0.2) is 0 Å². The summed E-state index contributed by atoms with van der Waals surface area (Å²) in [6.45, 7) is 0.801. The normalized spacial score (nSPS) is 26.2. The SMILES string of the molecule is CNC(c1cccc(F)c1Cl)C1CCOC2(CCC2)C1. The number of ether oxygens (including phenoxy) is 1. The van der Waals surface area contributed by atoms with Gasteiger partial charge in [0.1, 0.15) is 5.82 Å². The van der Waals surface area contributed by atoms with Gasteiger partial charge in [-0.3, -0.25) is 0 Å². The molecule has 2 atom stereocenters. The third-order valence-corrected chi connectivity index (χ3v) is 5.29. The van der Waals surface area contributed by atoms with E-state index in [1.165, 1.54) is 12.5 Å². The summed E-state index contributed by atoms with van der Waals surface area (Å²) >= 11 is 6.16. The summed E-state index contributed by atoms with van der Waals surface area (Å²) < 4.78 is 19.7. The third kappa shape index (κ3) is 2.47. The van der Waals surface area contributed by atoms with Crippen LogP contribution in [0.5, 0.6) is 0 Å². The van der Waals surface area contributed by atoms with Gasteiger partial charge in [-0.1, -0.05) is 23.7 Å². The molecule has 2 nitrogen and oxygen atoms in total. The molecule has 3 rings (SSSR count). The van der Waals surface area contributed by atoms with E-state index >= 15 is 0 Å². The average Bonchev–Trinajstić information content (AvgIpc) is 2.43. The highest BCUT2D eigenvalue weighted by molar-refractivity contribution is 6.31. The fourth-order valence-electron chi connectivity index (χ4n) is 3.68. The lowest BCUT2D eigenvalue weighted by atomic mass is 9.69. The minimum absolute atomic E-state index is 0.0951. The second kappa shape index (κ2) is 5.63. The van der Waals surface area contributed by atoms with Crippen LogP contribution in [0.15, 0.2) is 18.2 Å². The Hall–Kier alpha value is -0.640. The number of hydrogen-bond donors (Lipinski definition) is 1. The van der Waals surface area contributed by atoms with Crippen molar-refractivity contribution in [2.24, 2.45) is 5.92 Å². The number of halogens is 2. The zero-order chi connectivity index (χ0) is 14.2. The van der Waals surface area contributed by atoms with Crippen LogP contribution in [-0.4, -0.2) is 19.3 Å². The van der Waals surface area contributed by atoms with Crippen LogP contribution >= 0.6 is 11.6 Å². The first kappa shape index (κ1) is 14.3. The van der Waals surface area contributed by atoms with Gasteiger partial charge in [-0.15, -0.1) is 0 Å². The van der Waals surface area contributed by atoms with Crippen molar-refractivity contribution in [1.29, 1.82) is 0 Å². The Balaban J connectivity index is 1.84. The van der Waals surface area contributed by atoms with Crippen molar-refractivity contribution in [3.63, 3.8) is 0 Å². The summed E-state index contributed by atoms with van der Waals surface area (Å²) in [6, 6.07) is 5.17. The molecule has 1 aliphatic heterocycles. The highest BCUT2D eigenvalue weighted by Crippen LogP contribution is 2.47. The number of rotatable bonds is 3. The molecule has 1 N–H and O–H groups in total. The molecule has 0 amide bonds. The van der Waals surface area contributed by atoms with E-state index in [-0.39, 0.29) is 22.5 Å². The van der Waals surface area contributed by atoms with Gasteiger partial charge in [-0.05, 0) is 56.7 Å². The second-order valence-corrected chi connectivity index (χ2v) is 6.43. The van der Waals surface area contributed by atoms with Crippen LogP contribution in [-0.2, 0) is 4.74 Å². The molecule has 1 aromatic rings. The van der Waals surface area contributed by atoms with Crippen molar-refractivity contribution < 1.29 is 9.13 Å². The van der Waals surface area contributed by atoms with Crippen LogP contribution in [0.4, 0.5) is 4.39 Å². The molecule has 1 saturated heterocycles. The van der Waals surface area contributed by atoms with E-state index in [0.717, 1.165) is 37.9 Å². The van der Waals surface area contributed by atoms with Gasteiger partial charge in [0, 0.05) is 12.6 Å². The van der Waals surface area contributed by atoms with Crippen molar-refractivity contribution in [2.45, 2.75) is 43.7 Å². The second-order valence-electron chi connectivity index (χ2n) is 6.05. The monoisotopic (exact) mass is 297 g/mol. The van der Waals surface area contributed by atoms with Gasteiger partial charge in [0.05, 0.1) is 10.6 Å². The molecule has 110 valence electrons. The Morgan fingerprint density at radius 2 is 2.25 bits per heavy atom. The number of benzene rings is 1. The Bertz CT molecular complexity index is 489. The van der Waals surface area contributed by atoms with Crippen LogP contribution in [0.25, 0.3) is 0 Å². The molecule has 1 saturated carbocycles. The first-order valence-corrected chi connectivity index (χ1v) is 7.78. The van der Waals surface area contributed by atoms with Gasteiger partial charge >= 0.3 is 0 Å². The Morgan fingerprint density at radius 3 is 2.90 bits per heavy atom. The summed E-state index contributed by atoms with van der Waals surface area (Å²) in [5.74, 6) is 0.114. The fraction of sp³-hybridized carbons (Fsp3) is 0.625. The molecule has 0 radical (unpaired) electrons. The Labute approximate surface area is 124 Å². The predicted molar refractivity (Wildman–Crippen MR) is 78.5 cm³/mol. The molecule has 20 heavy (non-hydrogen) atoms. The zero-order valence-electron chi connectivity index (χ0n) is 11.8. The van der Waals surface area contributed by atoms with Gasteiger partial charge in [-0.2, -0.15) is 0 Å². The molecule has 2 fully saturated rings. The van der Waals surface area contributed by atoms with E-state index in [4.69, 9.17) is 16.3 Å². The summed E-state index contributed by atoms with van der Waals surface area (Å²) in [6.07, 6.45) is 5.64. The van der Waals surface area contributed by atoms with E-state index in [1.54, 1.807) is 6.07 Å². The molecular formula is C16H21ClFNO. The Kier molecular flexibility index (Phi) is 4.02. The maximum absolute atomic E-state index is 13.7. The average molecular weight is 298 g/mol. The van der Waals surface area contributed by atoms with Crippen molar-refractivity contribution >= 4 is 11.6 Å². The lowest BCUT2D eigenvalue weighted by Gasteiger charge is -2.49. The highest BCUT2D eigenvalue weighted by Gasteiger charge is 2.44. The third-order valence-electron chi connectivity index (χ3n) is 4.89. The highest BCUT2D eigenvalue weighted by atomic mass is 35.5. The topological polar surface area (TPSA) is 21.3 Å². The number of nitrogens with one attached hydrogen (secondary N) is 1. The van der Waals surface area contributed by atoms with Gasteiger partial charge < -0.3 is 10.1 Å². The quantitative estimate of drug-likeness (QED) is 0.907. The summed E-state index contributed by atoms with van der Waals surface area (Å²) in [4.78, 5) is 0. The molecule has 2 aliphatic rings. The largest absolute Gasteiger partial charge is 0.375 e.